The second-order valence-corrected chi connectivity index (χ2v) is 7.33. The van der Waals surface area contributed by atoms with Crippen LogP contribution in [0.5, 0.6) is 5.75 Å². The van der Waals surface area contributed by atoms with Crippen LogP contribution in [-0.4, -0.2) is 59.8 Å². The number of hydrogen-bond donors (Lipinski definition) is 1. The second kappa shape index (κ2) is 5.84. The summed E-state index contributed by atoms with van der Waals surface area (Å²) in [5.74, 6) is 0.813. The van der Waals surface area contributed by atoms with E-state index in [4.69, 9.17) is 4.74 Å². The number of benzene rings is 1. The van der Waals surface area contributed by atoms with Crippen LogP contribution in [0.3, 0.4) is 0 Å². The van der Waals surface area contributed by atoms with Crippen LogP contribution in [0, 0.1) is 0 Å². The van der Waals surface area contributed by atoms with E-state index in [9.17, 15) is 5.11 Å². The van der Waals surface area contributed by atoms with Gasteiger partial charge in [-0.25, -0.2) is 0 Å². The number of likely N-dealkylation sites (tertiary alicyclic amines) is 1. The second-order valence-electron chi connectivity index (χ2n) is 7.33. The number of aliphatic hydroxyl groups excluding tert-OH is 1. The molecule has 2 atom stereocenters. The molecule has 122 valence electrons. The fraction of sp³-hybridized carbons (Fsp3) is 0.667. The molecule has 22 heavy (non-hydrogen) atoms. The van der Waals surface area contributed by atoms with E-state index in [1.165, 1.54) is 0 Å². The molecule has 1 aromatic rings. The van der Waals surface area contributed by atoms with E-state index in [2.05, 4.69) is 37.7 Å². The van der Waals surface area contributed by atoms with Crippen LogP contribution in [0.1, 0.15) is 38.4 Å². The Morgan fingerprint density at radius 1 is 1.23 bits per heavy atom. The molecule has 0 amide bonds. The van der Waals surface area contributed by atoms with Crippen LogP contribution >= 0.6 is 0 Å². The van der Waals surface area contributed by atoms with Crippen molar-refractivity contribution in [1.82, 2.24) is 9.80 Å². The first-order valence-corrected chi connectivity index (χ1v) is 8.26. The van der Waals surface area contributed by atoms with Crippen molar-refractivity contribution < 1.29 is 9.84 Å². The Bertz CT molecular complexity index is 524. The van der Waals surface area contributed by atoms with Gasteiger partial charge in [-0.1, -0.05) is 18.2 Å². The van der Waals surface area contributed by atoms with Crippen molar-refractivity contribution in [3.63, 3.8) is 0 Å². The standard InChI is InChI=1S/C18H28N2O2/c1-18(2)17(20(4)13-9-11-19(3)12-10-13)16(21)14-7-5-6-8-15(14)22-18/h5-8,13,16-17,21H,9-12H2,1-4H3. The van der Waals surface area contributed by atoms with Crippen molar-refractivity contribution in [2.45, 2.75) is 50.5 Å². The zero-order valence-corrected chi connectivity index (χ0v) is 14.1. The molecule has 0 aromatic heterocycles. The number of likely N-dealkylation sites (N-methyl/N-ethyl adjacent to an activating group) is 1. The molecule has 1 fully saturated rings. The summed E-state index contributed by atoms with van der Waals surface area (Å²) < 4.78 is 6.22. The minimum absolute atomic E-state index is 0.0317. The molecule has 4 heteroatoms. The van der Waals surface area contributed by atoms with Gasteiger partial charge in [-0.2, -0.15) is 0 Å². The predicted molar refractivity (Wildman–Crippen MR) is 88.2 cm³/mol. The molecular weight excluding hydrogens is 276 g/mol. The van der Waals surface area contributed by atoms with Gasteiger partial charge in [-0.15, -0.1) is 0 Å². The summed E-state index contributed by atoms with van der Waals surface area (Å²) in [4.78, 5) is 4.73. The fourth-order valence-electron chi connectivity index (χ4n) is 4.05. The van der Waals surface area contributed by atoms with E-state index in [1.54, 1.807) is 0 Å². The topological polar surface area (TPSA) is 35.9 Å². The Kier molecular flexibility index (Phi) is 4.19. The number of nitrogens with zero attached hydrogens (tertiary/aromatic N) is 2. The Morgan fingerprint density at radius 2 is 1.86 bits per heavy atom. The van der Waals surface area contributed by atoms with Gasteiger partial charge in [0.25, 0.3) is 0 Å². The van der Waals surface area contributed by atoms with Gasteiger partial charge in [-0.05, 0) is 59.9 Å². The molecule has 1 N–H and O–H groups in total. The third-order valence-corrected chi connectivity index (χ3v) is 5.32. The highest BCUT2D eigenvalue weighted by atomic mass is 16.5. The lowest BCUT2D eigenvalue weighted by molar-refractivity contribution is -0.0921. The molecule has 1 aromatic carbocycles. The smallest absolute Gasteiger partial charge is 0.126 e. The molecule has 0 spiro atoms. The first kappa shape index (κ1) is 15.8. The van der Waals surface area contributed by atoms with Crippen LogP contribution in [0.2, 0.25) is 0 Å². The summed E-state index contributed by atoms with van der Waals surface area (Å²) in [6.45, 7) is 6.41. The maximum Gasteiger partial charge on any atom is 0.126 e. The average molecular weight is 304 g/mol. The lowest BCUT2D eigenvalue weighted by Crippen LogP contribution is -2.60. The molecule has 0 saturated carbocycles. The molecule has 0 aliphatic carbocycles. The summed E-state index contributed by atoms with van der Waals surface area (Å²) in [5.41, 5.74) is 0.498. The molecule has 3 rings (SSSR count). The fourth-order valence-corrected chi connectivity index (χ4v) is 4.05. The number of hydrogen-bond acceptors (Lipinski definition) is 4. The summed E-state index contributed by atoms with van der Waals surface area (Å²) in [7, 11) is 4.32. The first-order valence-electron chi connectivity index (χ1n) is 8.26. The SMILES string of the molecule is CN1CCC(N(C)C2C(O)c3ccccc3OC2(C)C)CC1. The number of aliphatic hydroxyl groups is 1. The minimum atomic E-state index is -0.510. The Hall–Kier alpha value is -1.10. The van der Waals surface area contributed by atoms with Crippen LogP contribution in [-0.2, 0) is 0 Å². The zero-order valence-electron chi connectivity index (χ0n) is 14.1. The first-order chi connectivity index (χ1) is 10.4. The van der Waals surface area contributed by atoms with E-state index < -0.39 is 11.7 Å². The Labute approximate surface area is 133 Å². The molecule has 2 aliphatic rings. The van der Waals surface area contributed by atoms with E-state index in [-0.39, 0.29) is 6.04 Å². The van der Waals surface area contributed by atoms with E-state index in [0.717, 1.165) is 37.2 Å². The summed E-state index contributed by atoms with van der Waals surface area (Å²) >= 11 is 0. The van der Waals surface area contributed by atoms with E-state index >= 15 is 0 Å². The molecule has 2 aliphatic heterocycles. The maximum absolute atomic E-state index is 11.0. The van der Waals surface area contributed by atoms with Gasteiger partial charge in [0.15, 0.2) is 0 Å². The van der Waals surface area contributed by atoms with Gasteiger partial charge in [0.2, 0.25) is 0 Å². The van der Waals surface area contributed by atoms with Crippen LogP contribution in [0.15, 0.2) is 24.3 Å². The third kappa shape index (κ3) is 2.75. The molecule has 1 saturated heterocycles. The van der Waals surface area contributed by atoms with E-state index in [1.807, 2.05) is 24.3 Å². The van der Waals surface area contributed by atoms with Crippen LogP contribution < -0.4 is 4.74 Å². The molecular formula is C18H28N2O2. The number of fused-ring (bicyclic) bond motifs is 1. The van der Waals surface area contributed by atoms with Crippen LogP contribution in [0.25, 0.3) is 0 Å². The van der Waals surface area contributed by atoms with Gasteiger partial charge in [0.1, 0.15) is 17.5 Å². The maximum atomic E-state index is 11.0. The molecule has 4 nitrogen and oxygen atoms in total. The lowest BCUT2D eigenvalue weighted by atomic mass is 9.83. The van der Waals surface area contributed by atoms with Crippen molar-refractivity contribution >= 4 is 0 Å². The lowest BCUT2D eigenvalue weighted by Gasteiger charge is -2.50. The summed E-state index contributed by atoms with van der Waals surface area (Å²) in [6.07, 6.45) is 1.78. The largest absolute Gasteiger partial charge is 0.486 e. The molecule has 0 bridgehead atoms. The van der Waals surface area contributed by atoms with Crippen molar-refractivity contribution in [2.24, 2.45) is 0 Å². The highest BCUT2D eigenvalue weighted by Gasteiger charge is 2.46. The quantitative estimate of drug-likeness (QED) is 0.909. The third-order valence-electron chi connectivity index (χ3n) is 5.32. The average Bonchev–Trinajstić information content (AvgIpc) is 2.47. The molecule has 2 unspecified atom stereocenters. The van der Waals surface area contributed by atoms with E-state index in [0.29, 0.717) is 6.04 Å². The van der Waals surface area contributed by atoms with Crippen molar-refractivity contribution in [1.29, 1.82) is 0 Å². The van der Waals surface area contributed by atoms with Gasteiger partial charge in [-0.3, -0.25) is 4.90 Å². The molecule has 2 heterocycles. The van der Waals surface area contributed by atoms with Gasteiger partial charge in [0.05, 0.1) is 6.04 Å². The minimum Gasteiger partial charge on any atom is -0.486 e. The summed E-state index contributed by atoms with van der Waals surface area (Å²) in [6, 6.07) is 8.33. The number of ether oxygens (including phenoxy) is 1. The predicted octanol–water partition coefficient (Wildman–Crippen LogP) is 2.29. The number of piperidine rings is 1. The zero-order chi connectivity index (χ0) is 15.9. The highest BCUT2D eigenvalue weighted by molar-refractivity contribution is 5.39. The van der Waals surface area contributed by atoms with Gasteiger partial charge in [0, 0.05) is 11.6 Å². The number of rotatable bonds is 2. The monoisotopic (exact) mass is 304 g/mol. The number of para-hydroxylation sites is 1. The molecule has 0 radical (unpaired) electrons. The normalized spacial score (nSPS) is 29.2. The van der Waals surface area contributed by atoms with Crippen LogP contribution in [0.4, 0.5) is 0 Å². The summed E-state index contributed by atoms with van der Waals surface area (Å²) in [5, 5.41) is 11.0. The Morgan fingerprint density at radius 3 is 2.55 bits per heavy atom. The van der Waals surface area contributed by atoms with Crippen molar-refractivity contribution in [3.05, 3.63) is 29.8 Å². The van der Waals surface area contributed by atoms with Crippen molar-refractivity contribution in [3.8, 4) is 5.75 Å². The van der Waals surface area contributed by atoms with Gasteiger partial charge < -0.3 is 14.7 Å². The van der Waals surface area contributed by atoms with Crippen molar-refractivity contribution in [2.75, 3.05) is 27.2 Å². The Balaban J connectivity index is 1.85. The highest BCUT2D eigenvalue weighted by Crippen LogP contribution is 2.42. The van der Waals surface area contributed by atoms with Gasteiger partial charge >= 0.3 is 0 Å².